The number of nitro groups is 2. The quantitative estimate of drug-likeness (QED) is 0.158. The smallest absolute Gasteiger partial charge is 0.289 e. The highest BCUT2D eigenvalue weighted by atomic mass is 35.5. The van der Waals surface area contributed by atoms with E-state index in [4.69, 9.17) is 16.6 Å². The third kappa shape index (κ3) is 5.65. The van der Waals surface area contributed by atoms with Crippen molar-refractivity contribution in [1.29, 1.82) is 0 Å². The predicted octanol–water partition coefficient (Wildman–Crippen LogP) is 5.64. The molecule has 0 amide bonds. The number of hydrogen-bond acceptors (Lipinski definition) is 8. The van der Waals surface area contributed by atoms with Crippen LogP contribution >= 0.6 is 11.6 Å². The molecule has 0 radical (unpaired) electrons. The largest absolute Gasteiger partial charge is 0.301 e. The van der Waals surface area contributed by atoms with Gasteiger partial charge in [0.25, 0.3) is 11.4 Å². The van der Waals surface area contributed by atoms with E-state index >= 15 is 0 Å². The molecule has 3 heterocycles. The van der Waals surface area contributed by atoms with Crippen LogP contribution in [0.4, 0.5) is 11.4 Å². The molecule has 0 spiro atoms. The van der Waals surface area contributed by atoms with E-state index in [1.807, 2.05) is 59.1 Å². The van der Waals surface area contributed by atoms with Crippen LogP contribution < -0.4 is 0 Å². The van der Waals surface area contributed by atoms with Crippen LogP contribution in [0.25, 0.3) is 28.0 Å². The summed E-state index contributed by atoms with van der Waals surface area (Å²) in [7, 11) is -3.97. The van der Waals surface area contributed by atoms with Crippen LogP contribution in [0.2, 0.25) is 5.02 Å². The van der Waals surface area contributed by atoms with Gasteiger partial charge in [-0.05, 0) is 35.4 Å². The Morgan fingerprint density at radius 1 is 0.795 bits per heavy atom. The Hall–Kier alpha value is -4.69. The second-order valence-electron chi connectivity index (χ2n) is 10.3. The monoisotopic (exact) mass is 632 g/mol. The van der Waals surface area contributed by atoms with Gasteiger partial charge in [0.1, 0.15) is 10.7 Å². The van der Waals surface area contributed by atoms with E-state index in [-0.39, 0.29) is 28.7 Å². The molecule has 0 N–H and O–H groups in total. The molecule has 12 nitrogen and oxygen atoms in total. The minimum Gasteiger partial charge on any atom is -0.301 e. The maximum Gasteiger partial charge on any atom is 0.289 e. The van der Waals surface area contributed by atoms with Gasteiger partial charge in [0.15, 0.2) is 0 Å². The summed E-state index contributed by atoms with van der Waals surface area (Å²) >= 11 is 5.89. The number of pyridine rings is 1. The number of nitrogens with zero attached hydrogens (tertiary/aromatic N) is 6. The molecule has 1 aliphatic heterocycles. The van der Waals surface area contributed by atoms with Gasteiger partial charge in [0.05, 0.1) is 26.1 Å². The highest BCUT2D eigenvalue weighted by Crippen LogP contribution is 2.31. The van der Waals surface area contributed by atoms with Gasteiger partial charge in [-0.15, -0.1) is 0 Å². The highest BCUT2D eigenvalue weighted by molar-refractivity contribution is 7.89. The summed E-state index contributed by atoms with van der Waals surface area (Å²) in [6, 6.07) is 23.4. The Morgan fingerprint density at radius 3 is 2.23 bits per heavy atom. The fourth-order valence-electron chi connectivity index (χ4n) is 5.32. The van der Waals surface area contributed by atoms with E-state index in [1.54, 1.807) is 6.07 Å². The molecule has 224 valence electrons. The Bertz CT molecular complexity index is 2010. The zero-order valence-corrected chi connectivity index (χ0v) is 24.7. The number of fused-ring (bicyclic) bond motifs is 1. The van der Waals surface area contributed by atoms with Crippen molar-refractivity contribution in [3.8, 4) is 22.4 Å². The van der Waals surface area contributed by atoms with Crippen LogP contribution in [0.3, 0.4) is 0 Å². The van der Waals surface area contributed by atoms with Gasteiger partial charge in [0.2, 0.25) is 10.0 Å². The maximum atomic E-state index is 13.3. The van der Waals surface area contributed by atoms with Crippen molar-refractivity contribution in [2.24, 2.45) is 0 Å². The first-order valence-electron chi connectivity index (χ1n) is 13.6. The lowest BCUT2D eigenvalue weighted by Crippen LogP contribution is -2.48. The Balaban J connectivity index is 1.30. The van der Waals surface area contributed by atoms with Crippen molar-refractivity contribution < 1.29 is 18.3 Å². The lowest BCUT2D eigenvalue weighted by atomic mass is 10.1. The van der Waals surface area contributed by atoms with Crippen LogP contribution in [-0.2, 0) is 16.6 Å². The van der Waals surface area contributed by atoms with Gasteiger partial charge in [-0.3, -0.25) is 25.1 Å². The van der Waals surface area contributed by atoms with Crippen molar-refractivity contribution >= 4 is 38.6 Å². The van der Waals surface area contributed by atoms with E-state index < -0.39 is 25.6 Å². The van der Waals surface area contributed by atoms with E-state index in [1.165, 1.54) is 28.6 Å². The number of piperazine rings is 1. The standard InChI is InChI=1S/C30H25ClN6O6S/c31-26-11-10-25(18-27(26)37(40)41)44(42,43)34-15-13-33(14-16-34)20-28-30(21-5-2-1-3-6-21)32-29-12-9-23(19-35(28)29)22-7-4-8-24(17-22)36(38)39/h1-12,17-19H,13-16,20H2. The number of nitro benzene ring substituents is 2. The summed E-state index contributed by atoms with van der Waals surface area (Å²) in [5.41, 5.74) is 4.33. The van der Waals surface area contributed by atoms with Crippen molar-refractivity contribution in [3.63, 3.8) is 0 Å². The van der Waals surface area contributed by atoms with E-state index in [0.29, 0.717) is 30.8 Å². The average molecular weight is 633 g/mol. The molecular weight excluding hydrogens is 608 g/mol. The fourth-order valence-corrected chi connectivity index (χ4v) is 6.95. The summed E-state index contributed by atoms with van der Waals surface area (Å²) in [5, 5.41) is 22.5. The molecule has 44 heavy (non-hydrogen) atoms. The second kappa shape index (κ2) is 11.8. The van der Waals surface area contributed by atoms with E-state index in [9.17, 15) is 28.6 Å². The molecule has 6 rings (SSSR count). The zero-order valence-electron chi connectivity index (χ0n) is 23.1. The van der Waals surface area contributed by atoms with E-state index in [0.717, 1.165) is 28.6 Å². The number of rotatable bonds is 8. The van der Waals surface area contributed by atoms with Crippen molar-refractivity contribution in [3.05, 3.63) is 122 Å². The number of non-ortho nitro benzene ring substituents is 1. The average Bonchev–Trinajstić information content (AvgIpc) is 3.39. The van der Waals surface area contributed by atoms with Crippen LogP contribution in [0.1, 0.15) is 5.69 Å². The van der Waals surface area contributed by atoms with Gasteiger partial charge in [-0.25, -0.2) is 13.4 Å². The molecule has 1 saturated heterocycles. The summed E-state index contributed by atoms with van der Waals surface area (Å²) in [6.45, 7) is 1.68. The minimum atomic E-state index is -3.97. The van der Waals surface area contributed by atoms with Gasteiger partial charge in [0, 0.05) is 62.7 Å². The third-order valence-electron chi connectivity index (χ3n) is 7.61. The normalized spacial score (nSPS) is 14.6. The van der Waals surface area contributed by atoms with Crippen molar-refractivity contribution in [2.75, 3.05) is 26.2 Å². The first kappa shape index (κ1) is 29.4. The maximum absolute atomic E-state index is 13.3. The number of imidazole rings is 1. The van der Waals surface area contributed by atoms with Crippen LogP contribution in [-0.4, -0.2) is 63.0 Å². The lowest BCUT2D eigenvalue weighted by molar-refractivity contribution is -0.385. The molecule has 1 aliphatic rings. The van der Waals surface area contributed by atoms with Gasteiger partial charge >= 0.3 is 0 Å². The topological polar surface area (TPSA) is 144 Å². The van der Waals surface area contributed by atoms with Crippen molar-refractivity contribution in [1.82, 2.24) is 18.6 Å². The number of aromatic nitrogens is 2. The Morgan fingerprint density at radius 2 is 1.52 bits per heavy atom. The molecule has 2 aromatic heterocycles. The van der Waals surface area contributed by atoms with Gasteiger partial charge < -0.3 is 4.40 Å². The fraction of sp³-hybridized carbons (Fsp3) is 0.167. The number of benzene rings is 3. The second-order valence-corrected chi connectivity index (χ2v) is 12.6. The van der Waals surface area contributed by atoms with Gasteiger partial charge in [-0.1, -0.05) is 54.1 Å². The molecule has 5 aromatic rings. The van der Waals surface area contributed by atoms with Gasteiger partial charge in [-0.2, -0.15) is 4.31 Å². The third-order valence-corrected chi connectivity index (χ3v) is 9.83. The summed E-state index contributed by atoms with van der Waals surface area (Å²) in [4.78, 5) is 28.4. The number of hydrogen-bond donors (Lipinski definition) is 0. The van der Waals surface area contributed by atoms with E-state index in [2.05, 4.69) is 4.90 Å². The first-order chi connectivity index (χ1) is 21.1. The molecular formula is C30H25ClN6O6S. The highest BCUT2D eigenvalue weighted by Gasteiger charge is 2.31. The van der Waals surface area contributed by atoms with Crippen LogP contribution in [0, 0.1) is 20.2 Å². The minimum absolute atomic E-state index is 0.000505. The molecule has 3 aromatic carbocycles. The summed E-state index contributed by atoms with van der Waals surface area (Å²) in [5.74, 6) is 0. The summed E-state index contributed by atoms with van der Waals surface area (Å²) in [6.07, 6.45) is 1.91. The number of halogens is 1. The van der Waals surface area contributed by atoms with Crippen molar-refractivity contribution in [2.45, 2.75) is 11.4 Å². The van der Waals surface area contributed by atoms with Crippen LogP contribution in [0.15, 0.2) is 96.0 Å². The molecule has 0 aliphatic carbocycles. The lowest BCUT2D eigenvalue weighted by Gasteiger charge is -2.34. The zero-order chi connectivity index (χ0) is 31.0. The SMILES string of the molecule is O=[N+]([O-])c1cccc(-c2ccc3nc(-c4ccccc4)c(CN4CCN(S(=O)(=O)c5ccc(Cl)c([N+](=O)[O-])c5)CC4)n3c2)c1. The molecule has 0 unspecified atom stereocenters. The molecule has 0 atom stereocenters. The number of sulfonamides is 1. The molecule has 0 bridgehead atoms. The Labute approximate surface area is 257 Å². The Kier molecular flexibility index (Phi) is 7.86. The molecule has 1 fully saturated rings. The van der Waals surface area contributed by atoms with Crippen LogP contribution in [0.5, 0.6) is 0 Å². The molecule has 14 heteroatoms. The summed E-state index contributed by atoms with van der Waals surface area (Å²) < 4.78 is 30.0. The molecule has 0 saturated carbocycles. The predicted molar refractivity (Wildman–Crippen MR) is 165 cm³/mol. The first-order valence-corrected chi connectivity index (χ1v) is 15.4.